The van der Waals surface area contributed by atoms with Crippen LogP contribution in [0.5, 0.6) is 0 Å². The Hall–Kier alpha value is -5.18. The number of amides is 2. The number of carbonyl (C=O) groups excluding carboxylic acids is 3. The molecule has 242 valence electrons. The lowest BCUT2D eigenvalue weighted by Gasteiger charge is -2.22. The highest BCUT2D eigenvalue weighted by atomic mass is 32.2. The van der Waals surface area contributed by atoms with Crippen molar-refractivity contribution in [3.8, 4) is 11.4 Å². The van der Waals surface area contributed by atoms with Crippen molar-refractivity contribution in [2.75, 3.05) is 18.7 Å². The fourth-order valence-electron chi connectivity index (χ4n) is 4.55. The van der Waals surface area contributed by atoms with Crippen LogP contribution in [0.25, 0.3) is 11.4 Å². The molecule has 2 N–H and O–H groups in total. The third-order valence-electron chi connectivity index (χ3n) is 7.22. The maximum Gasteiger partial charge on any atom is 0.411 e. The van der Waals surface area contributed by atoms with E-state index in [1.807, 2.05) is 0 Å². The van der Waals surface area contributed by atoms with E-state index in [1.165, 1.54) is 18.3 Å². The van der Waals surface area contributed by atoms with Gasteiger partial charge in [-0.3, -0.25) is 24.3 Å². The monoisotopic (exact) mass is 650 g/mol. The number of aromatic nitrogens is 4. The second kappa shape index (κ2) is 13.4. The Morgan fingerprint density at radius 1 is 1.04 bits per heavy atom. The fraction of sp³-hybridized carbons (Fsp3) is 0.323. The SMILES string of the molecule is COC(=O)Nc1cnc(-c2ccccc2)n(CC(=O)N[C@H](C(=O)c2nnc(C(C)(C)c3cccc(S(C)(=O)=O)c3)o2)C(C)C)c1=O. The summed E-state index contributed by atoms with van der Waals surface area (Å²) in [6, 6.07) is 13.9. The third-order valence-corrected chi connectivity index (χ3v) is 8.33. The van der Waals surface area contributed by atoms with Crippen LogP contribution in [0.15, 0.2) is 74.9 Å². The number of nitrogens with zero attached hydrogens (tertiary/aromatic N) is 4. The smallest absolute Gasteiger partial charge is 0.411 e. The Kier molecular flexibility index (Phi) is 9.85. The summed E-state index contributed by atoms with van der Waals surface area (Å²) in [4.78, 5) is 56.5. The highest BCUT2D eigenvalue weighted by Gasteiger charge is 2.34. The standard InChI is InChI=1S/C31H34N6O8S/c1-18(2)24(25(39)27-35-36-29(45-27)31(3,4)20-13-10-14-21(15-20)46(6,42)43)34-23(38)17-37-26(19-11-8-7-9-12-19)32-16-22(28(37)40)33-30(41)44-5/h7-16,18,24H,17H2,1-6H3,(H,33,41)(H,34,38)/t24-/m0/s1. The van der Waals surface area contributed by atoms with Crippen LogP contribution in [0.2, 0.25) is 0 Å². The topological polar surface area (TPSA) is 192 Å². The Bertz CT molecular complexity index is 1930. The van der Waals surface area contributed by atoms with Gasteiger partial charge in [-0.15, -0.1) is 10.2 Å². The molecule has 14 nitrogen and oxygen atoms in total. The number of rotatable bonds is 11. The van der Waals surface area contributed by atoms with Gasteiger partial charge in [-0.1, -0.05) is 56.3 Å². The van der Waals surface area contributed by atoms with E-state index in [-0.39, 0.29) is 28.2 Å². The molecule has 0 aliphatic heterocycles. The number of benzene rings is 2. The first-order valence-electron chi connectivity index (χ1n) is 14.1. The van der Waals surface area contributed by atoms with Gasteiger partial charge in [0.15, 0.2) is 9.84 Å². The zero-order chi connectivity index (χ0) is 33.8. The molecule has 4 rings (SSSR count). The van der Waals surface area contributed by atoms with Gasteiger partial charge in [-0.2, -0.15) is 0 Å². The molecule has 0 spiro atoms. The number of carbonyl (C=O) groups is 3. The second-order valence-corrected chi connectivity index (χ2v) is 13.4. The van der Waals surface area contributed by atoms with Crippen molar-refractivity contribution in [1.82, 2.24) is 25.1 Å². The van der Waals surface area contributed by atoms with Crippen LogP contribution in [0, 0.1) is 5.92 Å². The number of sulfone groups is 1. The summed E-state index contributed by atoms with van der Waals surface area (Å²) in [5.41, 5.74) is -0.779. The molecule has 1 atom stereocenters. The second-order valence-electron chi connectivity index (χ2n) is 11.4. The van der Waals surface area contributed by atoms with Crippen molar-refractivity contribution >= 4 is 33.3 Å². The summed E-state index contributed by atoms with van der Waals surface area (Å²) < 4.78 is 35.6. The highest BCUT2D eigenvalue weighted by molar-refractivity contribution is 7.90. The van der Waals surface area contributed by atoms with Crippen LogP contribution in [0.3, 0.4) is 0 Å². The molecule has 0 saturated carbocycles. The van der Waals surface area contributed by atoms with E-state index in [9.17, 15) is 27.6 Å². The Labute approximate surface area is 265 Å². The number of methoxy groups -OCH3 is 1. The fourth-order valence-corrected chi connectivity index (χ4v) is 5.22. The molecule has 0 aliphatic carbocycles. The zero-order valence-corrected chi connectivity index (χ0v) is 26.9. The summed E-state index contributed by atoms with van der Waals surface area (Å²) in [6.45, 7) is 6.38. The minimum atomic E-state index is -3.47. The van der Waals surface area contributed by atoms with Crippen molar-refractivity contribution in [3.05, 3.63) is 88.5 Å². The van der Waals surface area contributed by atoms with Gasteiger partial charge in [-0.25, -0.2) is 18.2 Å². The average molecular weight is 651 g/mol. The molecule has 2 aromatic heterocycles. The van der Waals surface area contributed by atoms with Gasteiger partial charge < -0.3 is 14.5 Å². The van der Waals surface area contributed by atoms with Gasteiger partial charge in [0, 0.05) is 11.8 Å². The molecule has 2 aromatic carbocycles. The molecule has 0 unspecified atom stereocenters. The van der Waals surface area contributed by atoms with E-state index in [0.717, 1.165) is 17.9 Å². The van der Waals surface area contributed by atoms with Crippen molar-refractivity contribution in [2.24, 2.45) is 5.92 Å². The van der Waals surface area contributed by atoms with E-state index >= 15 is 0 Å². The predicted molar refractivity (Wildman–Crippen MR) is 167 cm³/mol. The number of ketones is 1. The van der Waals surface area contributed by atoms with Gasteiger partial charge in [0.2, 0.25) is 17.6 Å². The molecule has 0 radical (unpaired) electrons. The molecule has 0 bridgehead atoms. The maximum atomic E-state index is 13.6. The molecular weight excluding hydrogens is 616 g/mol. The van der Waals surface area contributed by atoms with E-state index in [4.69, 9.17) is 4.42 Å². The molecule has 4 aromatic rings. The molecule has 0 aliphatic rings. The molecule has 2 amide bonds. The summed E-state index contributed by atoms with van der Waals surface area (Å²) in [7, 11) is -2.33. The van der Waals surface area contributed by atoms with Crippen LogP contribution >= 0.6 is 0 Å². The number of nitrogens with one attached hydrogen (secondary N) is 2. The molecule has 0 saturated heterocycles. The lowest BCUT2D eigenvalue weighted by molar-refractivity contribution is -0.122. The van der Waals surface area contributed by atoms with Gasteiger partial charge >= 0.3 is 6.09 Å². The van der Waals surface area contributed by atoms with Gasteiger partial charge in [0.1, 0.15) is 18.1 Å². The van der Waals surface area contributed by atoms with Crippen LogP contribution in [0.1, 0.15) is 49.8 Å². The van der Waals surface area contributed by atoms with E-state index in [2.05, 4.69) is 30.6 Å². The van der Waals surface area contributed by atoms with E-state index in [0.29, 0.717) is 11.1 Å². The zero-order valence-electron chi connectivity index (χ0n) is 26.1. The maximum absolute atomic E-state index is 13.6. The summed E-state index contributed by atoms with van der Waals surface area (Å²) in [5, 5.41) is 12.9. The average Bonchev–Trinajstić information content (AvgIpc) is 3.53. The number of hydrogen-bond donors (Lipinski definition) is 2. The van der Waals surface area contributed by atoms with Crippen LogP contribution in [-0.2, 0) is 31.3 Å². The lowest BCUT2D eigenvalue weighted by atomic mass is 9.84. The largest absolute Gasteiger partial charge is 0.453 e. The van der Waals surface area contributed by atoms with Crippen LogP contribution < -0.4 is 16.2 Å². The first-order valence-corrected chi connectivity index (χ1v) is 16.0. The number of anilines is 1. The molecule has 2 heterocycles. The summed E-state index contributed by atoms with van der Waals surface area (Å²) in [6.07, 6.45) is 1.38. The van der Waals surface area contributed by atoms with Crippen molar-refractivity contribution < 1.29 is 32.0 Å². The van der Waals surface area contributed by atoms with Crippen molar-refractivity contribution in [3.63, 3.8) is 0 Å². The first-order chi connectivity index (χ1) is 21.6. The minimum Gasteiger partial charge on any atom is -0.453 e. The Morgan fingerprint density at radius 3 is 2.37 bits per heavy atom. The van der Waals surface area contributed by atoms with Crippen LogP contribution in [-0.4, -0.2) is 65.4 Å². The third kappa shape index (κ3) is 7.37. The minimum absolute atomic E-state index is 0.0652. The molecule has 0 fully saturated rings. The van der Waals surface area contributed by atoms with Gasteiger partial charge in [0.25, 0.3) is 11.4 Å². The highest BCUT2D eigenvalue weighted by Crippen LogP contribution is 2.32. The van der Waals surface area contributed by atoms with Crippen LogP contribution in [0.4, 0.5) is 10.5 Å². The Morgan fingerprint density at radius 2 is 1.74 bits per heavy atom. The van der Waals surface area contributed by atoms with Gasteiger partial charge in [-0.05, 0) is 37.5 Å². The normalized spacial score (nSPS) is 12.4. The van der Waals surface area contributed by atoms with Crippen molar-refractivity contribution in [2.45, 2.75) is 50.6 Å². The van der Waals surface area contributed by atoms with Gasteiger partial charge in [0.05, 0.1) is 29.7 Å². The lowest BCUT2D eigenvalue weighted by Crippen LogP contribution is -2.46. The predicted octanol–water partition coefficient (Wildman–Crippen LogP) is 3.22. The van der Waals surface area contributed by atoms with Crippen molar-refractivity contribution in [1.29, 1.82) is 0 Å². The van der Waals surface area contributed by atoms with E-state index in [1.54, 1.807) is 70.2 Å². The molecule has 46 heavy (non-hydrogen) atoms. The summed E-state index contributed by atoms with van der Waals surface area (Å²) in [5.74, 6) is -1.90. The Balaban J connectivity index is 1.60. The number of hydrogen-bond acceptors (Lipinski definition) is 11. The summed E-state index contributed by atoms with van der Waals surface area (Å²) >= 11 is 0. The molecule has 15 heteroatoms. The quantitative estimate of drug-likeness (QED) is 0.227. The number of Topliss-reactive ketones (excluding diaryl/α,β-unsaturated/α-hetero) is 1. The van der Waals surface area contributed by atoms with E-state index < -0.39 is 57.1 Å². The molecular formula is C31H34N6O8S. The first kappa shape index (κ1) is 33.7. The number of ether oxygens (including phenoxy) is 1.